The molecule has 1 rings (SSSR count). The number of nitro groups is 1. The molecule has 1 aromatic carbocycles. The van der Waals surface area contributed by atoms with Crippen molar-refractivity contribution >= 4 is 27.3 Å². The number of sulfonamides is 1. The van der Waals surface area contributed by atoms with Gasteiger partial charge in [0, 0.05) is 18.1 Å². The molecule has 0 radical (unpaired) electrons. The van der Waals surface area contributed by atoms with Gasteiger partial charge in [-0.25, -0.2) is 13.6 Å². The van der Waals surface area contributed by atoms with Crippen molar-refractivity contribution in [3.8, 4) is 5.75 Å². The lowest BCUT2D eigenvalue weighted by Crippen LogP contribution is -2.26. The second-order valence-corrected chi connectivity index (χ2v) is 6.73. The molecule has 9 heteroatoms. The minimum atomic E-state index is -3.57. The van der Waals surface area contributed by atoms with Crippen LogP contribution in [-0.4, -0.2) is 25.7 Å². The molecular formula is C12H17ClN2O5S. The van der Waals surface area contributed by atoms with Gasteiger partial charge in [0.15, 0.2) is 0 Å². The number of nitro benzene ring substituents is 1. The highest BCUT2D eigenvalue weighted by Gasteiger charge is 2.17. The Hall–Kier alpha value is -1.38. The van der Waals surface area contributed by atoms with E-state index in [1.807, 2.05) is 6.92 Å². The minimum Gasteiger partial charge on any atom is -0.493 e. The zero-order chi connectivity index (χ0) is 16.0. The summed E-state index contributed by atoms with van der Waals surface area (Å²) in [6, 6.07) is 4.00. The van der Waals surface area contributed by atoms with Crippen LogP contribution in [0.2, 0.25) is 5.02 Å². The number of rotatable bonds is 8. The second-order valence-electron chi connectivity index (χ2n) is 4.67. The summed E-state index contributed by atoms with van der Waals surface area (Å²) in [4.78, 5) is 10.1. The van der Waals surface area contributed by atoms with Crippen molar-refractivity contribution in [3.63, 3.8) is 0 Å². The Kier molecular flexibility index (Phi) is 6.38. The first kappa shape index (κ1) is 17.7. The fourth-order valence-corrected chi connectivity index (χ4v) is 3.05. The van der Waals surface area contributed by atoms with E-state index in [-0.39, 0.29) is 29.0 Å². The van der Waals surface area contributed by atoms with E-state index in [1.165, 1.54) is 18.2 Å². The van der Waals surface area contributed by atoms with Crippen LogP contribution in [0.15, 0.2) is 18.2 Å². The van der Waals surface area contributed by atoms with Gasteiger partial charge < -0.3 is 4.74 Å². The number of nitrogens with zero attached hydrogens (tertiary/aromatic N) is 1. The van der Waals surface area contributed by atoms with Gasteiger partial charge in [-0.05, 0) is 12.5 Å². The first-order chi connectivity index (χ1) is 9.73. The van der Waals surface area contributed by atoms with Crippen molar-refractivity contribution in [2.24, 2.45) is 11.1 Å². The number of primary sulfonamides is 1. The minimum absolute atomic E-state index is 0.0315. The van der Waals surface area contributed by atoms with Gasteiger partial charge in [0.25, 0.3) is 5.69 Å². The van der Waals surface area contributed by atoms with Gasteiger partial charge in [-0.15, -0.1) is 0 Å². The summed E-state index contributed by atoms with van der Waals surface area (Å²) in [5.74, 6) is -0.0539. The predicted octanol–water partition coefficient (Wildman–Crippen LogP) is 2.33. The van der Waals surface area contributed by atoms with Crippen LogP contribution in [0.5, 0.6) is 5.75 Å². The van der Waals surface area contributed by atoms with Crippen molar-refractivity contribution in [1.82, 2.24) is 0 Å². The topological polar surface area (TPSA) is 113 Å². The molecule has 0 fully saturated rings. The highest BCUT2D eigenvalue weighted by Crippen LogP contribution is 2.28. The van der Waals surface area contributed by atoms with E-state index in [4.69, 9.17) is 21.5 Å². The lowest BCUT2D eigenvalue weighted by molar-refractivity contribution is -0.384. The van der Waals surface area contributed by atoms with Crippen LogP contribution < -0.4 is 9.88 Å². The molecule has 0 aliphatic rings. The van der Waals surface area contributed by atoms with Gasteiger partial charge in [0.05, 0.1) is 17.3 Å². The van der Waals surface area contributed by atoms with E-state index < -0.39 is 14.9 Å². The fourth-order valence-electron chi connectivity index (χ4n) is 1.89. The van der Waals surface area contributed by atoms with E-state index in [0.29, 0.717) is 12.2 Å². The number of halogens is 1. The second kappa shape index (κ2) is 7.58. The number of hydrogen-bond donors (Lipinski definition) is 1. The molecule has 0 amide bonds. The van der Waals surface area contributed by atoms with Crippen molar-refractivity contribution in [2.45, 2.75) is 19.8 Å². The molecule has 0 aliphatic heterocycles. The summed E-state index contributed by atoms with van der Waals surface area (Å²) in [6.45, 7) is 2.08. The Morgan fingerprint density at radius 3 is 2.62 bits per heavy atom. The first-order valence-electron chi connectivity index (χ1n) is 6.30. The lowest BCUT2D eigenvalue weighted by atomic mass is 10.1. The smallest absolute Gasteiger partial charge is 0.288 e. The molecule has 0 spiro atoms. The number of benzene rings is 1. The molecule has 2 N–H and O–H groups in total. The fraction of sp³-hybridized carbons (Fsp3) is 0.500. The summed E-state index contributed by atoms with van der Waals surface area (Å²) >= 11 is 5.77. The van der Waals surface area contributed by atoms with Crippen molar-refractivity contribution < 1.29 is 18.1 Å². The highest BCUT2D eigenvalue weighted by atomic mass is 35.5. The van der Waals surface area contributed by atoms with Gasteiger partial charge in [-0.3, -0.25) is 10.1 Å². The molecule has 1 atom stereocenters. The predicted molar refractivity (Wildman–Crippen MR) is 80.0 cm³/mol. The molecule has 0 saturated heterocycles. The Labute approximate surface area is 128 Å². The molecule has 1 unspecified atom stereocenters. The number of ether oxygens (including phenoxy) is 1. The van der Waals surface area contributed by atoms with Crippen LogP contribution in [0.25, 0.3) is 0 Å². The van der Waals surface area contributed by atoms with Crippen LogP contribution in [0.1, 0.15) is 19.8 Å². The Balaban J connectivity index is 2.72. The lowest BCUT2D eigenvalue weighted by Gasteiger charge is -2.16. The maximum atomic E-state index is 11.1. The molecule has 0 aliphatic carbocycles. The summed E-state index contributed by atoms with van der Waals surface area (Å²) in [6.07, 6.45) is 1.45. The Morgan fingerprint density at radius 2 is 2.14 bits per heavy atom. The molecule has 0 heterocycles. The third kappa shape index (κ3) is 6.28. The average Bonchev–Trinajstić information content (AvgIpc) is 2.34. The molecule has 0 aromatic heterocycles. The molecule has 0 saturated carbocycles. The SMILES string of the molecule is CCCC(COc1ccc([N+](=O)[O-])c(Cl)c1)CS(N)(=O)=O. The Morgan fingerprint density at radius 1 is 1.48 bits per heavy atom. The van der Waals surface area contributed by atoms with Crippen LogP contribution in [-0.2, 0) is 10.0 Å². The largest absolute Gasteiger partial charge is 0.493 e. The standard InChI is InChI=1S/C12H17ClN2O5S/c1-2-3-9(8-21(14,18)19)7-20-10-4-5-12(15(16)17)11(13)6-10/h4-6,9H,2-3,7-8H2,1H3,(H2,14,18,19). The van der Waals surface area contributed by atoms with E-state index >= 15 is 0 Å². The third-order valence-corrected chi connectivity index (χ3v) is 4.01. The first-order valence-corrected chi connectivity index (χ1v) is 8.39. The monoisotopic (exact) mass is 336 g/mol. The highest BCUT2D eigenvalue weighted by molar-refractivity contribution is 7.89. The molecule has 21 heavy (non-hydrogen) atoms. The Bertz CT molecular complexity index is 606. The zero-order valence-corrected chi connectivity index (χ0v) is 13.1. The molecule has 1 aromatic rings. The quantitative estimate of drug-likeness (QED) is 0.578. The summed E-state index contributed by atoms with van der Waals surface area (Å²) in [5, 5.41) is 15.6. The number of nitrogens with two attached hydrogens (primary N) is 1. The zero-order valence-electron chi connectivity index (χ0n) is 11.5. The van der Waals surface area contributed by atoms with Crippen molar-refractivity contribution in [2.75, 3.05) is 12.4 Å². The van der Waals surface area contributed by atoms with Gasteiger partial charge in [-0.1, -0.05) is 24.9 Å². The summed E-state index contributed by atoms with van der Waals surface area (Å²) in [5.41, 5.74) is -0.210. The van der Waals surface area contributed by atoms with E-state index in [2.05, 4.69) is 0 Å². The summed E-state index contributed by atoms with van der Waals surface area (Å²) < 4.78 is 27.7. The van der Waals surface area contributed by atoms with Gasteiger partial charge in [-0.2, -0.15) is 0 Å². The molecular weight excluding hydrogens is 320 g/mol. The number of hydrogen-bond acceptors (Lipinski definition) is 5. The van der Waals surface area contributed by atoms with E-state index in [0.717, 1.165) is 6.42 Å². The van der Waals surface area contributed by atoms with Gasteiger partial charge in [0.1, 0.15) is 10.8 Å². The normalized spacial score (nSPS) is 12.9. The average molecular weight is 337 g/mol. The van der Waals surface area contributed by atoms with Gasteiger partial charge in [0.2, 0.25) is 10.0 Å². The van der Waals surface area contributed by atoms with Crippen LogP contribution in [0.3, 0.4) is 0 Å². The summed E-state index contributed by atoms with van der Waals surface area (Å²) in [7, 11) is -3.57. The third-order valence-electron chi connectivity index (χ3n) is 2.77. The van der Waals surface area contributed by atoms with Crippen molar-refractivity contribution in [3.05, 3.63) is 33.3 Å². The van der Waals surface area contributed by atoms with E-state index in [9.17, 15) is 18.5 Å². The van der Waals surface area contributed by atoms with E-state index in [1.54, 1.807) is 0 Å². The van der Waals surface area contributed by atoms with Crippen LogP contribution >= 0.6 is 11.6 Å². The van der Waals surface area contributed by atoms with Crippen molar-refractivity contribution in [1.29, 1.82) is 0 Å². The maximum Gasteiger partial charge on any atom is 0.288 e. The molecule has 118 valence electrons. The van der Waals surface area contributed by atoms with Crippen LogP contribution in [0, 0.1) is 16.0 Å². The molecule has 0 bridgehead atoms. The van der Waals surface area contributed by atoms with Gasteiger partial charge >= 0.3 is 0 Å². The maximum absolute atomic E-state index is 11.1. The molecule has 7 nitrogen and oxygen atoms in total. The van der Waals surface area contributed by atoms with Crippen LogP contribution in [0.4, 0.5) is 5.69 Å².